The molecule has 5 atom stereocenters. The lowest BCUT2D eigenvalue weighted by Crippen LogP contribution is -2.58. The van der Waals surface area contributed by atoms with Gasteiger partial charge in [-0.15, -0.1) is 0 Å². The van der Waals surface area contributed by atoms with E-state index in [4.69, 9.17) is 5.73 Å². The van der Waals surface area contributed by atoms with Crippen molar-refractivity contribution in [2.24, 2.45) is 17.6 Å². The Labute approximate surface area is 213 Å². The SMILES string of the molecule is CC(C)[C@H](NC(=O)[C@H](C)N)C(=O)N1CCC2CCC(NC(=O)C(c3ccccc3)c3ccccc3)C21. The second kappa shape index (κ2) is 11.2. The third-order valence-electron chi connectivity index (χ3n) is 7.63. The van der Waals surface area contributed by atoms with E-state index in [0.717, 1.165) is 30.4 Å². The van der Waals surface area contributed by atoms with Gasteiger partial charge in [-0.1, -0.05) is 74.5 Å². The molecule has 4 N–H and O–H groups in total. The highest BCUT2D eigenvalue weighted by Crippen LogP contribution is 2.39. The van der Waals surface area contributed by atoms with Crippen LogP contribution in [0.25, 0.3) is 0 Å². The van der Waals surface area contributed by atoms with Crippen LogP contribution in [-0.4, -0.2) is 53.3 Å². The zero-order valence-corrected chi connectivity index (χ0v) is 21.4. The number of fused-ring (bicyclic) bond motifs is 1. The summed E-state index contributed by atoms with van der Waals surface area (Å²) in [7, 11) is 0. The van der Waals surface area contributed by atoms with Crippen LogP contribution in [0.2, 0.25) is 0 Å². The smallest absolute Gasteiger partial charge is 0.245 e. The first-order valence-electron chi connectivity index (χ1n) is 13.0. The van der Waals surface area contributed by atoms with Crippen LogP contribution in [0.15, 0.2) is 60.7 Å². The average molecular weight is 491 g/mol. The Balaban J connectivity index is 1.54. The Morgan fingerprint density at radius 2 is 1.44 bits per heavy atom. The molecule has 1 heterocycles. The maximum absolute atomic E-state index is 13.7. The average Bonchev–Trinajstić information content (AvgIpc) is 3.46. The van der Waals surface area contributed by atoms with Crippen molar-refractivity contribution in [3.8, 4) is 0 Å². The second-order valence-corrected chi connectivity index (χ2v) is 10.5. The maximum Gasteiger partial charge on any atom is 0.245 e. The van der Waals surface area contributed by atoms with Crippen LogP contribution < -0.4 is 16.4 Å². The van der Waals surface area contributed by atoms with Gasteiger partial charge in [-0.05, 0) is 49.1 Å². The summed E-state index contributed by atoms with van der Waals surface area (Å²) in [6, 6.07) is 18.1. The van der Waals surface area contributed by atoms with E-state index in [1.807, 2.05) is 79.4 Å². The lowest BCUT2D eigenvalue weighted by molar-refractivity contribution is -0.139. The van der Waals surface area contributed by atoms with Gasteiger partial charge in [0.2, 0.25) is 17.7 Å². The van der Waals surface area contributed by atoms with Gasteiger partial charge in [0.05, 0.1) is 18.0 Å². The third-order valence-corrected chi connectivity index (χ3v) is 7.63. The lowest BCUT2D eigenvalue weighted by Gasteiger charge is -2.34. The number of likely N-dealkylation sites (tertiary alicyclic amines) is 1. The van der Waals surface area contributed by atoms with E-state index in [9.17, 15) is 14.4 Å². The molecule has 4 rings (SSSR count). The molecule has 2 aromatic rings. The van der Waals surface area contributed by atoms with Gasteiger partial charge in [0.1, 0.15) is 6.04 Å². The summed E-state index contributed by atoms with van der Waals surface area (Å²) in [5, 5.41) is 6.17. The number of hydrogen-bond acceptors (Lipinski definition) is 4. The number of carbonyl (C=O) groups excluding carboxylic acids is 3. The number of nitrogens with two attached hydrogens (primary N) is 1. The first-order valence-corrected chi connectivity index (χ1v) is 13.0. The monoisotopic (exact) mass is 490 g/mol. The highest BCUT2D eigenvalue weighted by atomic mass is 16.2. The van der Waals surface area contributed by atoms with Gasteiger partial charge in [-0.25, -0.2) is 0 Å². The molecule has 1 aliphatic carbocycles. The van der Waals surface area contributed by atoms with Gasteiger partial charge in [-0.2, -0.15) is 0 Å². The van der Waals surface area contributed by atoms with Crippen molar-refractivity contribution >= 4 is 17.7 Å². The van der Waals surface area contributed by atoms with Crippen molar-refractivity contribution < 1.29 is 14.4 Å². The van der Waals surface area contributed by atoms with Crippen LogP contribution in [0.5, 0.6) is 0 Å². The van der Waals surface area contributed by atoms with Gasteiger partial charge < -0.3 is 21.3 Å². The van der Waals surface area contributed by atoms with Crippen LogP contribution in [-0.2, 0) is 14.4 Å². The van der Waals surface area contributed by atoms with Crippen molar-refractivity contribution in [2.75, 3.05) is 6.54 Å². The van der Waals surface area contributed by atoms with Crippen LogP contribution in [0.4, 0.5) is 0 Å². The van der Waals surface area contributed by atoms with E-state index in [1.165, 1.54) is 0 Å². The summed E-state index contributed by atoms with van der Waals surface area (Å²) in [5.74, 6) is -0.621. The van der Waals surface area contributed by atoms with Crippen molar-refractivity contribution in [2.45, 2.75) is 70.1 Å². The topological polar surface area (TPSA) is 105 Å². The molecule has 0 bridgehead atoms. The van der Waals surface area contributed by atoms with Gasteiger partial charge in [-0.3, -0.25) is 14.4 Å². The Hall–Kier alpha value is -3.19. The van der Waals surface area contributed by atoms with E-state index in [0.29, 0.717) is 12.5 Å². The number of carbonyl (C=O) groups is 3. The van der Waals surface area contributed by atoms with Crippen LogP contribution in [0.3, 0.4) is 0 Å². The van der Waals surface area contributed by atoms with Crippen molar-refractivity contribution in [3.63, 3.8) is 0 Å². The molecule has 2 fully saturated rings. The standard InChI is InChI=1S/C29H38N4O3/c1-18(2)25(32-27(34)19(3)30)29(36)33-17-16-22-14-15-23(26(22)33)31-28(35)24(20-10-6-4-7-11-20)21-12-8-5-9-13-21/h4-13,18-19,22-26H,14-17,30H2,1-3H3,(H,31,35)(H,32,34)/t19-,22?,23?,25-,26?/m0/s1. The molecule has 1 aliphatic heterocycles. The van der Waals surface area contributed by atoms with E-state index in [1.54, 1.807) is 6.92 Å². The zero-order valence-electron chi connectivity index (χ0n) is 21.4. The minimum Gasteiger partial charge on any atom is -0.350 e. The first-order chi connectivity index (χ1) is 17.3. The molecule has 7 heteroatoms. The summed E-state index contributed by atoms with van der Waals surface area (Å²) < 4.78 is 0. The van der Waals surface area contributed by atoms with Gasteiger partial charge >= 0.3 is 0 Å². The summed E-state index contributed by atoms with van der Waals surface area (Å²) >= 11 is 0. The van der Waals surface area contributed by atoms with Gasteiger partial charge in [0, 0.05) is 12.6 Å². The summed E-state index contributed by atoms with van der Waals surface area (Å²) in [5.41, 5.74) is 7.62. The summed E-state index contributed by atoms with van der Waals surface area (Å²) in [6.07, 6.45) is 2.72. The Morgan fingerprint density at radius 3 is 1.97 bits per heavy atom. The predicted octanol–water partition coefficient (Wildman–Crippen LogP) is 2.80. The highest BCUT2D eigenvalue weighted by Gasteiger charge is 2.48. The molecule has 2 aromatic carbocycles. The molecule has 0 spiro atoms. The summed E-state index contributed by atoms with van der Waals surface area (Å²) in [6.45, 7) is 6.10. The zero-order chi connectivity index (χ0) is 25.8. The van der Waals surface area contributed by atoms with Crippen molar-refractivity contribution in [3.05, 3.63) is 71.8 Å². The number of hydrogen-bond donors (Lipinski definition) is 3. The molecule has 7 nitrogen and oxygen atoms in total. The lowest BCUT2D eigenvalue weighted by atomic mass is 9.90. The van der Waals surface area contributed by atoms with Crippen molar-refractivity contribution in [1.29, 1.82) is 0 Å². The number of benzene rings is 2. The van der Waals surface area contributed by atoms with Crippen molar-refractivity contribution in [1.82, 2.24) is 15.5 Å². The molecular formula is C29H38N4O3. The number of rotatable bonds is 8. The number of nitrogens with one attached hydrogen (secondary N) is 2. The summed E-state index contributed by atoms with van der Waals surface area (Å²) in [4.78, 5) is 41.6. The Kier molecular flexibility index (Phi) is 8.09. The minimum absolute atomic E-state index is 0.0528. The highest BCUT2D eigenvalue weighted by molar-refractivity contribution is 5.90. The third kappa shape index (κ3) is 5.46. The molecule has 3 unspecified atom stereocenters. The fraction of sp³-hybridized carbons (Fsp3) is 0.483. The molecule has 1 saturated carbocycles. The van der Waals surface area contributed by atoms with Gasteiger partial charge in [0.25, 0.3) is 0 Å². The molecule has 192 valence electrons. The largest absolute Gasteiger partial charge is 0.350 e. The van der Waals surface area contributed by atoms with Crippen LogP contribution in [0.1, 0.15) is 57.1 Å². The molecule has 1 saturated heterocycles. The molecule has 0 radical (unpaired) electrons. The number of nitrogens with zero attached hydrogens (tertiary/aromatic N) is 1. The normalized spacial score (nSPS) is 22.8. The van der Waals surface area contributed by atoms with Gasteiger partial charge in [0.15, 0.2) is 0 Å². The fourth-order valence-corrected chi connectivity index (χ4v) is 5.75. The van der Waals surface area contributed by atoms with Crippen LogP contribution in [0, 0.1) is 11.8 Å². The van der Waals surface area contributed by atoms with E-state index in [2.05, 4.69) is 10.6 Å². The molecule has 2 aliphatic rings. The molecule has 36 heavy (non-hydrogen) atoms. The number of amides is 3. The quantitative estimate of drug-likeness (QED) is 0.529. The first kappa shape index (κ1) is 25.9. The fourth-order valence-electron chi connectivity index (χ4n) is 5.75. The maximum atomic E-state index is 13.7. The molecule has 3 amide bonds. The predicted molar refractivity (Wildman–Crippen MR) is 140 cm³/mol. The van der Waals surface area contributed by atoms with E-state index >= 15 is 0 Å². The van der Waals surface area contributed by atoms with E-state index in [-0.39, 0.29) is 35.7 Å². The minimum atomic E-state index is -0.684. The Morgan fingerprint density at radius 1 is 0.861 bits per heavy atom. The second-order valence-electron chi connectivity index (χ2n) is 10.5. The molecule has 0 aromatic heterocycles. The Bertz CT molecular complexity index is 1020. The van der Waals surface area contributed by atoms with E-state index < -0.39 is 18.0 Å². The molecular weight excluding hydrogens is 452 g/mol. The van der Waals surface area contributed by atoms with Crippen LogP contribution >= 0.6 is 0 Å².